The topological polar surface area (TPSA) is 36.9 Å². The summed E-state index contributed by atoms with van der Waals surface area (Å²) >= 11 is 6.42. The summed E-state index contributed by atoms with van der Waals surface area (Å²) in [5.74, 6) is 0.715. The van der Waals surface area contributed by atoms with Gasteiger partial charge < -0.3 is 4.42 Å². The Kier molecular flexibility index (Phi) is 2.98. The second kappa shape index (κ2) is 4.79. The van der Waals surface area contributed by atoms with Gasteiger partial charge in [-0.25, -0.2) is 0 Å². The zero-order valence-corrected chi connectivity index (χ0v) is 10.8. The molecule has 0 aliphatic carbocycles. The molecular formula is C16H10ClNO. The molecule has 0 saturated heterocycles. The first-order valence-electron chi connectivity index (χ1n) is 5.90. The van der Waals surface area contributed by atoms with Crippen molar-refractivity contribution in [3.05, 3.63) is 71.5 Å². The van der Waals surface area contributed by atoms with Crippen LogP contribution in [0.4, 0.5) is 0 Å². The standard InChI is InChI=1S/C16H10ClNO/c17-16(12-7-5-11(10-18)6-8-12)15-9-13-3-1-2-4-14(13)19-15/h1-9,16H. The van der Waals surface area contributed by atoms with Gasteiger partial charge in [-0.05, 0) is 29.8 Å². The van der Waals surface area contributed by atoms with Gasteiger partial charge in [-0.1, -0.05) is 30.3 Å². The highest BCUT2D eigenvalue weighted by Crippen LogP contribution is 2.32. The number of furan rings is 1. The van der Waals surface area contributed by atoms with E-state index < -0.39 is 0 Å². The molecule has 1 aromatic heterocycles. The van der Waals surface area contributed by atoms with Crippen molar-refractivity contribution in [1.82, 2.24) is 0 Å². The molecule has 0 aliphatic rings. The molecule has 3 rings (SSSR count). The van der Waals surface area contributed by atoms with Crippen molar-refractivity contribution in [3.63, 3.8) is 0 Å². The molecule has 0 amide bonds. The van der Waals surface area contributed by atoms with Gasteiger partial charge in [0.25, 0.3) is 0 Å². The van der Waals surface area contributed by atoms with E-state index >= 15 is 0 Å². The van der Waals surface area contributed by atoms with Crippen molar-refractivity contribution in [3.8, 4) is 6.07 Å². The van der Waals surface area contributed by atoms with Crippen molar-refractivity contribution < 1.29 is 4.42 Å². The average Bonchev–Trinajstić information content (AvgIpc) is 2.90. The van der Waals surface area contributed by atoms with Crippen LogP contribution in [0.3, 0.4) is 0 Å². The molecule has 2 nitrogen and oxygen atoms in total. The van der Waals surface area contributed by atoms with Gasteiger partial charge in [0.2, 0.25) is 0 Å². The van der Waals surface area contributed by atoms with Crippen molar-refractivity contribution in [2.24, 2.45) is 0 Å². The van der Waals surface area contributed by atoms with Crippen molar-refractivity contribution in [2.45, 2.75) is 5.38 Å². The van der Waals surface area contributed by atoms with Crippen LogP contribution in [0.15, 0.2) is 59.0 Å². The Labute approximate surface area is 115 Å². The molecule has 0 radical (unpaired) electrons. The Hall–Kier alpha value is -2.24. The molecule has 1 unspecified atom stereocenters. The third-order valence-electron chi connectivity index (χ3n) is 3.03. The number of hydrogen-bond acceptors (Lipinski definition) is 2. The minimum atomic E-state index is -0.347. The molecular weight excluding hydrogens is 258 g/mol. The molecule has 1 heterocycles. The van der Waals surface area contributed by atoms with Gasteiger partial charge in [-0.15, -0.1) is 11.6 Å². The smallest absolute Gasteiger partial charge is 0.134 e. The van der Waals surface area contributed by atoms with Gasteiger partial charge in [0.1, 0.15) is 16.7 Å². The summed E-state index contributed by atoms with van der Waals surface area (Å²) in [6, 6.07) is 19.1. The minimum absolute atomic E-state index is 0.347. The minimum Gasteiger partial charge on any atom is -0.459 e. The summed E-state index contributed by atoms with van der Waals surface area (Å²) in [5.41, 5.74) is 2.37. The highest BCUT2D eigenvalue weighted by atomic mass is 35.5. The predicted molar refractivity (Wildman–Crippen MR) is 75.1 cm³/mol. The van der Waals surface area contributed by atoms with Crippen LogP contribution in [0.2, 0.25) is 0 Å². The third kappa shape index (κ3) is 2.21. The van der Waals surface area contributed by atoms with Gasteiger partial charge in [-0.2, -0.15) is 5.26 Å². The lowest BCUT2D eigenvalue weighted by molar-refractivity contribution is 0.557. The monoisotopic (exact) mass is 267 g/mol. The molecule has 0 N–H and O–H groups in total. The van der Waals surface area contributed by atoms with Gasteiger partial charge in [0, 0.05) is 5.39 Å². The van der Waals surface area contributed by atoms with Crippen LogP contribution in [0, 0.1) is 11.3 Å². The number of nitriles is 1. The first-order valence-corrected chi connectivity index (χ1v) is 6.34. The summed E-state index contributed by atoms with van der Waals surface area (Å²) < 4.78 is 5.74. The van der Waals surface area contributed by atoms with Crippen LogP contribution in [-0.2, 0) is 0 Å². The second-order valence-electron chi connectivity index (χ2n) is 4.28. The number of alkyl halides is 1. The number of fused-ring (bicyclic) bond motifs is 1. The van der Waals surface area contributed by atoms with Gasteiger partial charge in [0.15, 0.2) is 0 Å². The lowest BCUT2D eigenvalue weighted by Gasteiger charge is -2.06. The largest absolute Gasteiger partial charge is 0.459 e. The van der Waals surface area contributed by atoms with E-state index in [2.05, 4.69) is 6.07 Å². The van der Waals surface area contributed by atoms with E-state index in [-0.39, 0.29) is 5.38 Å². The fraction of sp³-hybridized carbons (Fsp3) is 0.0625. The molecule has 1 atom stereocenters. The van der Waals surface area contributed by atoms with E-state index in [0.29, 0.717) is 11.3 Å². The Morgan fingerprint density at radius 3 is 2.47 bits per heavy atom. The number of para-hydroxylation sites is 1. The molecule has 0 saturated carbocycles. The Morgan fingerprint density at radius 1 is 1.05 bits per heavy atom. The van der Waals surface area contributed by atoms with Crippen LogP contribution < -0.4 is 0 Å². The van der Waals surface area contributed by atoms with Crippen LogP contribution in [-0.4, -0.2) is 0 Å². The maximum atomic E-state index is 8.78. The number of hydrogen-bond donors (Lipinski definition) is 0. The van der Waals surface area contributed by atoms with E-state index in [1.807, 2.05) is 42.5 Å². The summed E-state index contributed by atoms with van der Waals surface area (Å²) in [7, 11) is 0. The number of nitrogens with zero attached hydrogens (tertiary/aromatic N) is 1. The first kappa shape index (κ1) is 11.8. The zero-order valence-electron chi connectivity index (χ0n) is 10.0. The molecule has 3 heteroatoms. The Balaban J connectivity index is 1.98. The van der Waals surface area contributed by atoms with Gasteiger partial charge in [-0.3, -0.25) is 0 Å². The van der Waals surface area contributed by atoms with E-state index in [0.717, 1.165) is 16.5 Å². The third-order valence-corrected chi connectivity index (χ3v) is 3.49. The lowest BCUT2D eigenvalue weighted by atomic mass is 10.1. The summed E-state index contributed by atoms with van der Waals surface area (Å²) in [6.07, 6.45) is 0. The van der Waals surface area contributed by atoms with Crippen molar-refractivity contribution in [1.29, 1.82) is 5.26 Å². The Morgan fingerprint density at radius 2 is 1.79 bits per heavy atom. The normalized spacial score (nSPS) is 12.2. The quantitative estimate of drug-likeness (QED) is 0.635. The van der Waals surface area contributed by atoms with Crippen LogP contribution in [0.25, 0.3) is 11.0 Å². The van der Waals surface area contributed by atoms with Gasteiger partial charge >= 0.3 is 0 Å². The molecule has 0 fully saturated rings. The zero-order chi connectivity index (χ0) is 13.2. The van der Waals surface area contributed by atoms with Crippen LogP contribution in [0.5, 0.6) is 0 Å². The van der Waals surface area contributed by atoms with E-state index in [1.165, 1.54) is 0 Å². The fourth-order valence-corrected chi connectivity index (χ4v) is 2.27. The fourth-order valence-electron chi connectivity index (χ4n) is 2.02. The van der Waals surface area contributed by atoms with E-state index in [4.69, 9.17) is 21.3 Å². The Bertz CT molecular complexity index is 719. The summed E-state index contributed by atoms with van der Waals surface area (Å²) in [4.78, 5) is 0. The van der Waals surface area contributed by atoms with Crippen LogP contribution >= 0.6 is 11.6 Å². The molecule has 0 aliphatic heterocycles. The summed E-state index contributed by atoms with van der Waals surface area (Å²) in [6.45, 7) is 0. The molecule has 19 heavy (non-hydrogen) atoms. The molecule has 2 aromatic carbocycles. The average molecular weight is 268 g/mol. The SMILES string of the molecule is N#Cc1ccc(C(Cl)c2cc3ccccc3o2)cc1. The van der Waals surface area contributed by atoms with Crippen molar-refractivity contribution in [2.75, 3.05) is 0 Å². The molecule has 92 valence electrons. The number of rotatable bonds is 2. The first-order chi connectivity index (χ1) is 9.28. The highest BCUT2D eigenvalue weighted by Gasteiger charge is 2.15. The maximum absolute atomic E-state index is 8.78. The van der Waals surface area contributed by atoms with E-state index in [9.17, 15) is 0 Å². The number of benzene rings is 2. The number of halogens is 1. The maximum Gasteiger partial charge on any atom is 0.134 e. The second-order valence-corrected chi connectivity index (χ2v) is 4.72. The van der Waals surface area contributed by atoms with Gasteiger partial charge in [0.05, 0.1) is 11.6 Å². The predicted octanol–water partition coefficient (Wildman–Crippen LogP) is 4.63. The molecule has 0 bridgehead atoms. The summed E-state index contributed by atoms with van der Waals surface area (Å²) in [5, 5.41) is 9.47. The van der Waals surface area contributed by atoms with Crippen LogP contribution in [0.1, 0.15) is 22.3 Å². The molecule has 0 spiro atoms. The highest BCUT2D eigenvalue weighted by molar-refractivity contribution is 6.22. The molecule has 3 aromatic rings. The van der Waals surface area contributed by atoms with E-state index in [1.54, 1.807) is 12.1 Å². The lowest BCUT2D eigenvalue weighted by Crippen LogP contribution is -1.90. The van der Waals surface area contributed by atoms with Crippen molar-refractivity contribution >= 4 is 22.6 Å².